The first-order valence-corrected chi connectivity index (χ1v) is 7.36. The van der Waals surface area contributed by atoms with E-state index in [2.05, 4.69) is 11.8 Å². The highest BCUT2D eigenvalue weighted by Gasteiger charge is 2.33. The van der Waals surface area contributed by atoms with Crippen molar-refractivity contribution in [3.05, 3.63) is 24.3 Å². The summed E-state index contributed by atoms with van der Waals surface area (Å²) in [4.78, 5) is 13.8. The predicted octanol–water partition coefficient (Wildman–Crippen LogP) is 2.12. The van der Waals surface area contributed by atoms with Crippen molar-refractivity contribution in [2.45, 2.75) is 13.3 Å². The molecule has 2 rings (SSSR count). The molecule has 21 heavy (non-hydrogen) atoms. The fourth-order valence-corrected chi connectivity index (χ4v) is 2.75. The van der Waals surface area contributed by atoms with Gasteiger partial charge in [0.15, 0.2) is 0 Å². The molecule has 5 heteroatoms. The number of carbonyl (C=O) groups is 1. The maximum atomic E-state index is 11.5. The quantitative estimate of drug-likeness (QED) is 0.834. The molecule has 1 heterocycles. The molecule has 0 amide bonds. The fraction of sp³-hybridized carbons (Fsp3) is 0.562. The highest BCUT2D eigenvalue weighted by Crippen LogP contribution is 2.26. The van der Waals surface area contributed by atoms with E-state index >= 15 is 0 Å². The van der Waals surface area contributed by atoms with Crippen molar-refractivity contribution in [2.75, 3.05) is 33.4 Å². The Labute approximate surface area is 125 Å². The topological polar surface area (TPSA) is 59.0 Å². The summed E-state index contributed by atoms with van der Waals surface area (Å²) in [6.45, 7) is 5.12. The number of ether oxygens (including phenoxy) is 2. The van der Waals surface area contributed by atoms with Crippen LogP contribution in [0, 0.1) is 11.8 Å². The normalized spacial score (nSPS) is 20.2. The van der Waals surface area contributed by atoms with Crippen molar-refractivity contribution >= 4 is 5.97 Å². The molecule has 0 aliphatic carbocycles. The molecular weight excluding hydrogens is 270 g/mol. The molecule has 2 atom stereocenters. The van der Waals surface area contributed by atoms with Crippen molar-refractivity contribution in [3.63, 3.8) is 0 Å². The van der Waals surface area contributed by atoms with Gasteiger partial charge >= 0.3 is 5.97 Å². The lowest BCUT2D eigenvalue weighted by molar-refractivity contribution is -0.144. The van der Waals surface area contributed by atoms with Gasteiger partial charge in [-0.1, -0.05) is 6.92 Å². The first kappa shape index (κ1) is 15.6. The van der Waals surface area contributed by atoms with Crippen LogP contribution in [0.15, 0.2) is 24.3 Å². The van der Waals surface area contributed by atoms with Crippen LogP contribution >= 0.6 is 0 Å². The number of hydrogen-bond acceptors (Lipinski definition) is 4. The van der Waals surface area contributed by atoms with E-state index in [1.165, 1.54) is 0 Å². The van der Waals surface area contributed by atoms with Crippen LogP contribution in [0.3, 0.4) is 0 Å². The van der Waals surface area contributed by atoms with E-state index in [1.54, 1.807) is 31.4 Å². The van der Waals surface area contributed by atoms with Gasteiger partial charge in [0, 0.05) is 6.54 Å². The third-order valence-corrected chi connectivity index (χ3v) is 4.13. The summed E-state index contributed by atoms with van der Waals surface area (Å²) in [6, 6.07) is 7.20. The highest BCUT2D eigenvalue weighted by atomic mass is 16.5. The second-order valence-corrected chi connectivity index (χ2v) is 5.37. The molecule has 0 bridgehead atoms. The minimum atomic E-state index is -0.772. The van der Waals surface area contributed by atoms with Crippen molar-refractivity contribution < 1.29 is 19.4 Å². The van der Waals surface area contributed by atoms with Gasteiger partial charge in [-0.05, 0) is 49.7 Å². The lowest BCUT2D eigenvalue weighted by atomic mass is 9.92. The number of methoxy groups -OCH3 is 1. The molecule has 0 radical (unpaired) electrons. The van der Waals surface area contributed by atoms with Crippen molar-refractivity contribution in [3.8, 4) is 11.5 Å². The van der Waals surface area contributed by atoms with E-state index in [0.29, 0.717) is 5.75 Å². The molecule has 1 aliphatic heterocycles. The molecule has 2 unspecified atom stereocenters. The van der Waals surface area contributed by atoms with Crippen molar-refractivity contribution in [2.24, 2.45) is 11.8 Å². The van der Waals surface area contributed by atoms with Crippen LogP contribution in [0.2, 0.25) is 0 Å². The zero-order chi connectivity index (χ0) is 15.2. The first-order valence-electron chi connectivity index (χ1n) is 7.36. The number of aliphatic carboxylic acids is 1. The number of rotatable bonds is 7. The van der Waals surface area contributed by atoms with Gasteiger partial charge < -0.3 is 19.5 Å². The number of carboxylic acid groups (broad SMARTS) is 1. The van der Waals surface area contributed by atoms with Gasteiger partial charge in [0.2, 0.25) is 0 Å². The summed E-state index contributed by atoms with van der Waals surface area (Å²) < 4.78 is 10.7. The van der Waals surface area contributed by atoms with Crippen LogP contribution in [0.4, 0.5) is 0 Å². The SMILES string of the molecule is CCN1CCC(C(COc2ccc(OC)cc2)C(=O)O)C1. The molecule has 1 fully saturated rings. The van der Waals surface area contributed by atoms with Crippen LogP contribution in [0.5, 0.6) is 11.5 Å². The Morgan fingerprint density at radius 2 is 2.05 bits per heavy atom. The minimum Gasteiger partial charge on any atom is -0.497 e. The smallest absolute Gasteiger partial charge is 0.310 e. The molecule has 5 nitrogen and oxygen atoms in total. The molecule has 1 aliphatic rings. The Hall–Kier alpha value is -1.75. The van der Waals surface area contributed by atoms with E-state index in [0.717, 1.165) is 31.8 Å². The number of nitrogens with zero attached hydrogens (tertiary/aromatic N) is 1. The van der Waals surface area contributed by atoms with Gasteiger partial charge in [-0.15, -0.1) is 0 Å². The van der Waals surface area contributed by atoms with Crippen LogP contribution in [0.25, 0.3) is 0 Å². The molecule has 0 spiro atoms. The Morgan fingerprint density at radius 3 is 2.57 bits per heavy atom. The van der Waals surface area contributed by atoms with Gasteiger partial charge in [-0.3, -0.25) is 4.79 Å². The van der Waals surface area contributed by atoms with E-state index in [9.17, 15) is 9.90 Å². The molecule has 1 aromatic rings. The summed E-state index contributed by atoms with van der Waals surface area (Å²) in [5.41, 5.74) is 0. The summed E-state index contributed by atoms with van der Waals surface area (Å²) in [5, 5.41) is 9.43. The molecule has 116 valence electrons. The Kier molecular flexibility index (Phi) is 5.44. The van der Waals surface area contributed by atoms with Gasteiger partial charge in [0.05, 0.1) is 13.0 Å². The lowest BCUT2D eigenvalue weighted by Gasteiger charge is -2.20. The van der Waals surface area contributed by atoms with E-state index in [4.69, 9.17) is 9.47 Å². The molecular formula is C16H23NO4. The fourth-order valence-electron chi connectivity index (χ4n) is 2.75. The Bertz CT molecular complexity index is 460. The number of likely N-dealkylation sites (tertiary alicyclic amines) is 1. The van der Waals surface area contributed by atoms with E-state index in [1.807, 2.05) is 0 Å². The second-order valence-electron chi connectivity index (χ2n) is 5.37. The van der Waals surface area contributed by atoms with Gasteiger partial charge in [-0.2, -0.15) is 0 Å². The third-order valence-electron chi connectivity index (χ3n) is 4.13. The predicted molar refractivity (Wildman–Crippen MR) is 79.8 cm³/mol. The Balaban J connectivity index is 1.92. The molecule has 1 N–H and O–H groups in total. The largest absolute Gasteiger partial charge is 0.497 e. The monoisotopic (exact) mass is 293 g/mol. The summed E-state index contributed by atoms with van der Waals surface area (Å²) in [5.74, 6) is 0.370. The molecule has 1 saturated heterocycles. The maximum absolute atomic E-state index is 11.5. The van der Waals surface area contributed by atoms with E-state index < -0.39 is 11.9 Å². The maximum Gasteiger partial charge on any atom is 0.310 e. The van der Waals surface area contributed by atoms with Crippen molar-refractivity contribution in [1.29, 1.82) is 0 Å². The van der Waals surface area contributed by atoms with Gasteiger partial charge in [0.25, 0.3) is 0 Å². The van der Waals surface area contributed by atoms with Crippen LogP contribution in [-0.4, -0.2) is 49.3 Å². The second kappa shape index (κ2) is 7.31. The number of carboxylic acids is 1. The van der Waals surface area contributed by atoms with Crippen LogP contribution in [0.1, 0.15) is 13.3 Å². The Morgan fingerprint density at radius 1 is 1.38 bits per heavy atom. The summed E-state index contributed by atoms with van der Waals surface area (Å²) in [7, 11) is 1.61. The first-order chi connectivity index (χ1) is 10.1. The zero-order valence-electron chi connectivity index (χ0n) is 12.6. The molecule has 1 aromatic carbocycles. The average Bonchev–Trinajstić information content (AvgIpc) is 2.96. The van der Waals surface area contributed by atoms with Gasteiger partial charge in [0.1, 0.15) is 18.1 Å². The van der Waals surface area contributed by atoms with Crippen LogP contribution < -0.4 is 9.47 Å². The van der Waals surface area contributed by atoms with Crippen molar-refractivity contribution in [1.82, 2.24) is 4.90 Å². The van der Waals surface area contributed by atoms with E-state index in [-0.39, 0.29) is 12.5 Å². The summed E-state index contributed by atoms with van der Waals surface area (Å²) >= 11 is 0. The van der Waals surface area contributed by atoms with Crippen LogP contribution in [-0.2, 0) is 4.79 Å². The molecule has 0 aromatic heterocycles. The summed E-state index contributed by atoms with van der Waals surface area (Å²) in [6.07, 6.45) is 0.927. The average molecular weight is 293 g/mol. The third kappa shape index (κ3) is 4.11. The standard InChI is InChI=1S/C16H23NO4/c1-3-17-9-8-12(10-17)15(16(18)19)11-21-14-6-4-13(20-2)5-7-14/h4-7,12,15H,3,8-11H2,1-2H3,(H,18,19). The highest BCUT2D eigenvalue weighted by molar-refractivity contribution is 5.70. The minimum absolute atomic E-state index is 0.167. The number of hydrogen-bond donors (Lipinski definition) is 1. The lowest BCUT2D eigenvalue weighted by Crippen LogP contribution is -2.31. The number of benzene rings is 1. The zero-order valence-corrected chi connectivity index (χ0v) is 12.6. The van der Waals surface area contributed by atoms with Gasteiger partial charge in [-0.25, -0.2) is 0 Å². The molecule has 0 saturated carbocycles.